The van der Waals surface area contributed by atoms with E-state index in [9.17, 15) is 0 Å². The first kappa shape index (κ1) is 17.2. The lowest BCUT2D eigenvalue weighted by atomic mass is 10.1. The molecule has 116 valence electrons. The monoisotopic (exact) mass is 423 g/mol. The van der Waals surface area contributed by atoms with E-state index in [2.05, 4.69) is 63.7 Å². The fourth-order valence-electron chi connectivity index (χ4n) is 2.02. The molecule has 2 aromatic carbocycles. The highest BCUT2D eigenvalue weighted by atomic mass is 79.9. The lowest BCUT2D eigenvalue weighted by Crippen LogP contribution is -1.97. The Bertz CT molecular complexity index is 672. The molecule has 0 aliphatic carbocycles. The SMILES string of the molecule is CCCOc1c(Br)cc(C=Nc2cccc(C)c2C)cc1Br. The van der Waals surface area contributed by atoms with E-state index in [1.165, 1.54) is 11.1 Å². The van der Waals surface area contributed by atoms with E-state index in [1.54, 1.807) is 0 Å². The first-order chi connectivity index (χ1) is 10.5. The van der Waals surface area contributed by atoms with E-state index >= 15 is 0 Å². The summed E-state index contributed by atoms with van der Waals surface area (Å²) < 4.78 is 7.59. The van der Waals surface area contributed by atoms with Crippen LogP contribution in [0, 0.1) is 13.8 Å². The minimum absolute atomic E-state index is 0.702. The summed E-state index contributed by atoms with van der Waals surface area (Å²) in [5.74, 6) is 0.839. The van der Waals surface area contributed by atoms with Crippen molar-refractivity contribution in [3.05, 3.63) is 56.0 Å². The van der Waals surface area contributed by atoms with E-state index in [0.29, 0.717) is 6.61 Å². The van der Waals surface area contributed by atoms with Crippen LogP contribution in [-0.2, 0) is 0 Å². The van der Waals surface area contributed by atoms with Crippen molar-refractivity contribution in [2.75, 3.05) is 6.61 Å². The van der Waals surface area contributed by atoms with Crippen molar-refractivity contribution in [1.29, 1.82) is 0 Å². The third-order valence-corrected chi connectivity index (χ3v) is 4.58. The lowest BCUT2D eigenvalue weighted by Gasteiger charge is -2.10. The zero-order valence-corrected chi connectivity index (χ0v) is 16.2. The molecule has 0 aliphatic rings. The molecule has 0 amide bonds. The summed E-state index contributed by atoms with van der Waals surface area (Å²) in [4.78, 5) is 4.60. The van der Waals surface area contributed by atoms with Gasteiger partial charge >= 0.3 is 0 Å². The van der Waals surface area contributed by atoms with Gasteiger partial charge in [0.15, 0.2) is 0 Å². The van der Waals surface area contributed by atoms with Gasteiger partial charge in [0.2, 0.25) is 0 Å². The number of hydrogen-bond acceptors (Lipinski definition) is 2. The topological polar surface area (TPSA) is 21.6 Å². The molecule has 0 radical (unpaired) electrons. The van der Waals surface area contributed by atoms with Gasteiger partial charge in [-0.2, -0.15) is 0 Å². The summed E-state index contributed by atoms with van der Waals surface area (Å²) >= 11 is 7.13. The predicted octanol–water partition coefficient (Wildman–Crippen LogP) is 6.37. The molecule has 4 heteroatoms. The summed E-state index contributed by atoms with van der Waals surface area (Å²) in [5.41, 5.74) is 4.47. The van der Waals surface area contributed by atoms with Crippen molar-refractivity contribution >= 4 is 43.8 Å². The van der Waals surface area contributed by atoms with Crippen molar-refractivity contribution in [3.63, 3.8) is 0 Å². The summed E-state index contributed by atoms with van der Waals surface area (Å²) in [6.07, 6.45) is 2.86. The van der Waals surface area contributed by atoms with E-state index in [1.807, 2.05) is 30.5 Å². The van der Waals surface area contributed by atoms with Gasteiger partial charge in [0.05, 0.1) is 21.2 Å². The second-order valence-corrected chi connectivity index (χ2v) is 6.85. The van der Waals surface area contributed by atoms with Crippen LogP contribution in [0.1, 0.15) is 30.0 Å². The second kappa shape index (κ2) is 7.93. The van der Waals surface area contributed by atoms with Crippen molar-refractivity contribution in [2.24, 2.45) is 4.99 Å². The molecule has 2 rings (SSSR count). The molecule has 2 nitrogen and oxygen atoms in total. The third-order valence-electron chi connectivity index (χ3n) is 3.40. The van der Waals surface area contributed by atoms with Crippen molar-refractivity contribution in [1.82, 2.24) is 0 Å². The van der Waals surface area contributed by atoms with Gasteiger partial charge in [0.25, 0.3) is 0 Å². The Kier molecular flexibility index (Phi) is 6.21. The van der Waals surface area contributed by atoms with Gasteiger partial charge in [-0.05, 0) is 87.0 Å². The van der Waals surface area contributed by atoms with Gasteiger partial charge in [-0.25, -0.2) is 0 Å². The Morgan fingerprint density at radius 1 is 1.14 bits per heavy atom. The second-order valence-electron chi connectivity index (χ2n) is 5.14. The Balaban J connectivity index is 2.27. The molecule has 0 bridgehead atoms. The molecular formula is C18H19Br2NO. The summed E-state index contributed by atoms with van der Waals surface area (Å²) in [5, 5.41) is 0. The van der Waals surface area contributed by atoms with Crippen LogP contribution >= 0.6 is 31.9 Å². The maximum atomic E-state index is 5.73. The van der Waals surface area contributed by atoms with E-state index in [4.69, 9.17) is 4.74 Å². The van der Waals surface area contributed by atoms with Crippen LogP contribution in [0.15, 0.2) is 44.3 Å². The van der Waals surface area contributed by atoms with Gasteiger partial charge in [-0.1, -0.05) is 19.1 Å². The van der Waals surface area contributed by atoms with Crippen LogP contribution in [0.3, 0.4) is 0 Å². The molecule has 0 aliphatic heterocycles. The summed E-state index contributed by atoms with van der Waals surface area (Å²) in [7, 11) is 0. The van der Waals surface area contributed by atoms with Crippen LogP contribution in [0.4, 0.5) is 5.69 Å². The van der Waals surface area contributed by atoms with Crippen LogP contribution in [-0.4, -0.2) is 12.8 Å². The minimum atomic E-state index is 0.702. The van der Waals surface area contributed by atoms with Crippen LogP contribution in [0.25, 0.3) is 0 Å². The maximum Gasteiger partial charge on any atom is 0.147 e. The molecule has 0 spiro atoms. The molecular weight excluding hydrogens is 406 g/mol. The Morgan fingerprint density at radius 3 is 2.45 bits per heavy atom. The molecule has 2 aromatic rings. The smallest absolute Gasteiger partial charge is 0.147 e. The zero-order chi connectivity index (χ0) is 16.1. The number of benzene rings is 2. The molecule has 22 heavy (non-hydrogen) atoms. The van der Waals surface area contributed by atoms with E-state index < -0.39 is 0 Å². The van der Waals surface area contributed by atoms with Gasteiger partial charge in [-0.15, -0.1) is 0 Å². The van der Waals surface area contributed by atoms with Gasteiger partial charge < -0.3 is 4.74 Å². The fourth-order valence-corrected chi connectivity index (χ4v) is 3.47. The lowest BCUT2D eigenvalue weighted by molar-refractivity contribution is 0.313. The highest BCUT2D eigenvalue weighted by Gasteiger charge is 2.08. The fraction of sp³-hybridized carbons (Fsp3) is 0.278. The Morgan fingerprint density at radius 2 is 1.82 bits per heavy atom. The zero-order valence-electron chi connectivity index (χ0n) is 13.0. The molecule has 0 aromatic heterocycles. The van der Waals surface area contributed by atoms with Crippen LogP contribution in [0.5, 0.6) is 5.75 Å². The van der Waals surface area contributed by atoms with E-state index in [-0.39, 0.29) is 0 Å². The average molecular weight is 425 g/mol. The standard InChI is InChI=1S/C18H19Br2NO/c1-4-8-22-18-15(19)9-14(10-16(18)20)11-21-17-7-5-6-12(2)13(17)3/h5-7,9-11H,4,8H2,1-3H3. The Hall–Kier alpha value is -1.13. The van der Waals surface area contributed by atoms with Gasteiger partial charge in [0.1, 0.15) is 5.75 Å². The third kappa shape index (κ3) is 4.20. The number of halogens is 2. The number of hydrogen-bond donors (Lipinski definition) is 0. The quantitative estimate of drug-likeness (QED) is 0.511. The van der Waals surface area contributed by atoms with Crippen molar-refractivity contribution < 1.29 is 4.74 Å². The molecule has 0 saturated carbocycles. The maximum absolute atomic E-state index is 5.73. The van der Waals surface area contributed by atoms with Gasteiger partial charge in [0, 0.05) is 6.21 Å². The molecule has 0 N–H and O–H groups in total. The summed E-state index contributed by atoms with van der Waals surface area (Å²) in [6.45, 7) is 6.98. The molecule has 0 heterocycles. The molecule has 0 unspecified atom stereocenters. The predicted molar refractivity (Wildman–Crippen MR) is 101 cm³/mol. The van der Waals surface area contributed by atoms with Crippen molar-refractivity contribution in [2.45, 2.75) is 27.2 Å². The number of nitrogens with zero attached hydrogens (tertiary/aromatic N) is 1. The average Bonchev–Trinajstić information content (AvgIpc) is 2.48. The largest absolute Gasteiger partial charge is 0.491 e. The number of rotatable bonds is 5. The first-order valence-electron chi connectivity index (χ1n) is 7.25. The first-order valence-corrected chi connectivity index (χ1v) is 8.83. The highest BCUT2D eigenvalue weighted by molar-refractivity contribution is 9.11. The van der Waals surface area contributed by atoms with Crippen molar-refractivity contribution in [3.8, 4) is 5.75 Å². The number of aliphatic imine (C=N–C) groups is 1. The highest BCUT2D eigenvalue weighted by Crippen LogP contribution is 2.34. The Labute approximate surface area is 148 Å². The molecule has 0 fully saturated rings. The van der Waals surface area contributed by atoms with Gasteiger partial charge in [-0.3, -0.25) is 4.99 Å². The number of ether oxygens (including phenoxy) is 1. The molecule has 0 atom stereocenters. The normalized spacial score (nSPS) is 11.1. The van der Waals surface area contributed by atoms with E-state index in [0.717, 1.165) is 32.4 Å². The van der Waals surface area contributed by atoms with Crippen LogP contribution < -0.4 is 4.74 Å². The molecule has 0 saturated heterocycles. The minimum Gasteiger partial charge on any atom is -0.491 e. The van der Waals surface area contributed by atoms with Crippen LogP contribution in [0.2, 0.25) is 0 Å². The summed E-state index contributed by atoms with van der Waals surface area (Å²) in [6, 6.07) is 10.2. The number of aryl methyl sites for hydroxylation is 1.